The van der Waals surface area contributed by atoms with Crippen LogP contribution in [0, 0.1) is 11.2 Å². The van der Waals surface area contributed by atoms with Gasteiger partial charge in [0.2, 0.25) is 10.0 Å². The van der Waals surface area contributed by atoms with E-state index in [2.05, 4.69) is 14.8 Å². The van der Waals surface area contributed by atoms with Crippen molar-refractivity contribution in [2.75, 3.05) is 40.4 Å². The Bertz CT molecular complexity index is 1520. The molecule has 0 radical (unpaired) electrons. The molecule has 2 aliphatic carbocycles. The number of carbonyl (C=O) groups excluding carboxylic acids is 2. The number of hydrogen-bond donors (Lipinski definition) is 2. The standard InChI is InChI=1S/C27H31F3N4O6S/c1-2-40-22(35)16-41(38,39)32-17-12-19(28)23(21(13-17)33-10-7-26(5-6-26)8-11-33)24(36)31-20-4-3-9-34(25(20)37)18-14-27(29,30)15-18/h3-4,9,12-13,18,32H,2,5-8,10-11,14-16H2,1H3,(H,31,36). The lowest BCUT2D eigenvalue weighted by atomic mass is 9.88. The monoisotopic (exact) mass is 596 g/mol. The van der Waals surface area contributed by atoms with Crippen LogP contribution in [0.15, 0.2) is 35.3 Å². The molecule has 222 valence electrons. The van der Waals surface area contributed by atoms with Crippen molar-refractivity contribution in [1.82, 2.24) is 4.57 Å². The van der Waals surface area contributed by atoms with Crippen LogP contribution in [0.2, 0.25) is 0 Å². The number of anilines is 3. The van der Waals surface area contributed by atoms with Crippen molar-refractivity contribution in [2.45, 2.75) is 57.4 Å². The van der Waals surface area contributed by atoms with E-state index >= 15 is 4.39 Å². The molecule has 10 nitrogen and oxygen atoms in total. The van der Waals surface area contributed by atoms with Gasteiger partial charge >= 0.3 is 5.97 Å². The lowest BCUT2D eigenvalue weighted by Crippen LogP contribution is -2.41. The van der Waals surface area contributed by atoms with E-state index in [-0.39, 0.29) is 29.1 Å². The van der Waals surface area contributed by atoms with Gasteiger partial charge in [-0.1, -0.05) is 0 Å². The summed E-state index contributed by atoms with van der Waals surface area (Å²) in [6.45, 7) is 2.54. The Morgan fingerprint density at radius 1 is 1.12 bits per heavy atom. The minimum atomic E-state index is -4.24. The topological polar surface area (TPSA) is 127 Å². The number of piperidine rings is 1. The Kier molecular flexibility index (Phi) is 7.55. The Morgan fingerprint density at radius 2 is 1.80 bits per heavy atom. The fourth-order valence-electron chi connectivity index (χ4n) is 5.50. The summed E-state index contributed by atoms with van der Waals surface area (Å²) in [7, 11) is -4.24. The van der Waals surface area contributed by atoms with Gasteiger partial charge in [-0.3, -0.25) is 19.1 Å². The van der Waals surface area contributed by atoms with Gasteiger partial charge in [-0.05, 0) is 62.3 Å². The highest BCUT2D eigenvalue weighted by atomic mass is 32.2. The van der Waals surface area contributed by atoms with Crippen molar-refractivity contribution >= 4 is 39.0 Å². The average Bonchev–Trinajstić information content (AvgIpc) is 3.62. The average molecular weight is 597 g/mol. The molecule has 2 saturated carbocycles. The number of aromatic nitrogens is 1. The van der Waals surface area contributed by atoms with E-state index in [9.17, 15) is 31.6 Å². The maximum absolute atomic E-state index is 15.6. The van der Waals surface area contributed by atoms with E-state index in [0.717, 1.165) is 36.3 Å². The quantitative estimate of drug-likeness (QED) is 0.421. The maximum Gasteiger partial charge on any atom is 0.323 e. The zero-order valence-corrected chi connectivity index (χ0v) is 23.2. The molecule has 1 spiro atoms. The van der Waals surface area contributed by atoms with Crippen molar-refractivity contribution in [1.29, 1.82) is 0 Å². The number of carbonyl (C=O) groups is 2. The number of nitrogens with zero attached hydrogens (tertiary/aromatic N) is 2. The molecule has 41 heavy (non-hydrogen) atoms. The highest BCUT2D eigenvalue weighted by molar-refractivity contribution is 7.93. The molecule has 2 aromatic rings. The first-order valence-corrected chi connectivity index (χ1v) is 15.1. The van der Waals surface area contributed by atoms with Crippen molar-refractivity contribution in [3.8, 4) is 0 Å². The molecular weight excluding hydrogens is 565 g/mol. The van der Waals surface area contributed by atoms with Gasteiger partial charge < -0.3 is 19.5 Å². The van der Waals surface area contributed by atoms with Crippen LogP contribution in [-0.4, -0.2) is 56.2 Å². The summed E-state index contributed by atoms with van der Waals surface area (Å²) < 4.78 is 75.4. The van der Waals surface area contributed by atoms with Crippen LogP contribution < -0.4 is 20.5 Å². The molecule has 3 fully saturated rings. The number of amides is 1. The zero-order valence-electron chi connectivity index (χ0n) is 22.4. The number of hydrogen-bond acceptors (Lipinski definition) is 7. The Morgan fingerprint density at radius 3 is 2.41 bits per heavy atom. The number of pyridine rings is 1. The van der Waals surface area contributed by atoms with Crippen molar-refractivity contribution < 1.29 is 35.9 Å². The Balaban J connectivity index is 1.43. The Hall–Kier alpha value is -3.55. The first kappa shape index (κ1) is 29.0. The van der Waals surface area contributed by atoms with Crippen LogP contribution in [0.4, 0.5) is 30.2 Å². The second-order valence-electron chi connectivity index (χ2n) is 11.0. The molecule has 2 heterocycles. The van der Waals surface area contributed by atoms with E-state index < -0.39 is 69.4 Å². The van der Waals surface area contributed by atoms with Crippen LogP contribution in [-0.2, 0) is 19.6 Å². The van der Waals surface area contributed by atoms with E-state index in [0.29, 0.717) is 13.1 Å². The van der Waals surface area contributed by atoms with Crippen LogP contribution in [0.3, 0.4) is 0 Å². The molecular formula is C27H31F3N4O6S. The molecule has 1 saturated heterocycles. The SMILES string of the molecule is CCOC(=O)CS(=O)(=O)Nc1cc(F)c(C(=O)Nc2cccn(C3CC(F)(F)C3)c2=O)c(N2CCC3(CC2)CC3)c1. The van der Waals surface area contributed by atoms with Crippen molar-refractivity contribution in [3.05, 3.63) is 52.2 Å². The molecule has 1 aromatic carbocycles. The normalized spacial score (nSPS) is 19.4. The summed E-state index contributed by atoms with van der Waals surface area (Å²) in [5.41, 5.74) is -1.09. The van der Waals surface area contributed by atoms with Crippen molar-refractivity contribution in [2.24, 2.45) is 5.41 Å². The summed E-state index contributed by atoms with van der Waals surface area (Å²) in [4.78, 5) is 39.9. The number of rotatable bonds is 9. The number of sulfonamides is 1. The van der Waals surface area contributed by atoms with Crippen LogP contribution in [0.1, 0.15) is 61.8 Å². The first-order valence-electron chi connectivity index (χ1n) is 13.5. The fraction of sp³-hybridized carbons (Fsp3) is 0.519. The molecule has 5 rings (SSSR count). The molecule has 0 bridgehead atoms. The van der Waals surface area contributed by atoms with Gasteiger partial charge in [0.25, 0.3) is 17.4 Å². The summed E-state index contributed by atoms with van der Waals surface area (Å²) in [5, 5.41) is 2.42. The Labute approximate surface area is 234 Å². The highest BCUT2D eigenvalue weighted by Gasteiger charge is 2.47. The van der Waals surface area contributed by atoms with Gasteiger partial charge in [-0.15, -0.1) is 0 Å². The fourth-order valence-corrected chi connectivity index (χ4v) is 6.44. The highest BCUT2D eigenvalue weighted by Crippen LogP contribution is 2.54. The molecule has 3 aliphatic rings. The van der Waals surface area contributed by atoms with Crippen LogP contribution in [0.25, 0.3) is 0 Å². The first-order chi connectivity index (χ1) is 19.3. The van der Waals surface area contributed by atoms with Crippen LogP contribution in [0.5, 0.6) is 0 Å². The lowest BCUT2D eigenvalue weighted by Gasteiger charge is -2.36. The minimum Gasteiger partial charge on any atom is -0.465 e. The summed E-state index contributed by atoms with van der Waals surface area (Å²) in [6, 6.07) is 4.18. The predicted molar refractivity (Wildman–Crippen MR) is 145 cm³/mol. The lowest BCUT2D eigenvalue weighted by molar-refractivity contribution is -0.139. The summed E-state index contributed by atoms with van der Waals surface area (Å²) >= 11 is 0. The third-order valence-electron chi connectivity index (χ3n) is 7.99. The molecule has 0 unspecified atom stereocenters. The van der Waals surface area contributed by atoms with Gasteiger partial charge in [0.05, 0.1) is 23.5 Å². The third-order valence-corrected chi connectivity index (χ3v) is 9.15. The van der Waals surface area contributed by atoms with E-state index in [1.807, 2.05) is 0 Å². The molecule has 14 heteroatoms. The maximum atomic E-state index is 15.6. The van der Waals surface area contributed by atoms with Gasteiger partial charge in [-0.2, -0.15) is 0 Å². The molecule has 1 amide bonds. The number of alkyl halides is 2. The number of esters is 1. The molecule has 0 atom stereocenters. The van der Waals surface area contributed by atoms with Gasteiger partial charge in [-0.25, -0.2) is 21.6 Å². The molecule has 1 aliphatic heterocycles. The molecule has 2 N–H and O–H groups in total. The van der Waals surface area contributed by atoms with E-state index in [1.54, 1.807) is 4.90 Å². The summed E-state index contributed by atoms with van der Waals surface area (Å²) in [6.07, 6.45) is 4.23. The number of halogens is 3. The third kappa shape index (κ3) is 6.36. The van der Waals surface area contributed by atoms with Gasteiger partial charge in [0.1, 0.15) is 11.5 Å². The largest absolute Gasteiger partial charge is 0.465 e. The van der Waals surface area contributed by atoms with E-state index in [4.69, 9.17) is 0 Å². The second kappa shape index (κ2) is 10.7. The number of nitrogens with one attached hydrogen (secondary N) is 2. The number of ether oxygens (including phenoxy) is 1. The molecule has 1 aromatic heterocycles. The van der Waals surface area contributed by atoms with Gasteiger partial charge in [0, 0.05) is 38.2 Å². The number of benzene rings is 1. The summed E-state index contributed by atoms with van der Waals surface area (Å²) in [5.74, 6) is -6.79. The van der Waals surface area contributed by atoms with Crippen molar-refractivity contribution in [3.63, 3.8) is 0 Å². The smallest absolute Gasteiger partial charge is 0.323 e. The zero-order chi connectivity index (χ0) is 29.6. The van der Waals surface area contributed by atoms with E-state index in [1.165, 1.54) is 31.3 Å². The predicted octanol–water partition coefficient (Wildman–Crippen LogP) is 3.90. The minimum absolute atomic E-state index is 0.00693. The second-order valence-corrected chi connectivity index (χ2v) is 12.7. The van der Waals surface area contributed by atoms with Crippen LogP contribution >= 0.6 is 0 Å². The van der Waals surface area contributed by atoms with Gasteiger partial charge in [0.15, 0.2) is 5.75 Å².